The quantitative estimate of drug-likeness (QED) is 0.383. The van der Waals surface area contributed by atoms with Crippen molar-refractivity contribution in [2.75, 3.05) is 0 Å². The average molecular weight is 341 g/mol. The van der Waals surface area contributed by atoms with Gasteiger partial charge in [-0.2, -0.15) is 0 Å². The van der Waals surface area contributed by atoms with Gasteiger partial charge >= 0.3 is 0 Å². The molecule has 0 aliphatic rings. The maximum Gasteiger partial charge on any atom is 0.126 e. The van der Waals surface area contributed by atoms with Crippen LogP contribution in [0.3, 0.4) is 0 Å². The van der Waals surface area contributed by atoms with Crippen LogP contribution in [0.1, 0.15) is 74.6 Å². The molecule has 0 aromatic heterocycles. The van der Waals surface area contributed by atoms with Crippen LogP contribution in [-0.2, 0) is 25.7 Å². The minimum atomic E-state index is -0.0369. The average Bonchev–Trinajstić information content (AvgIpc) is 2.62. The number of aryl methyl sites for hydroxylation is 4. The van der Waals surface area contributed by atoms with Gasteiger partial charge in [-0.15, -0.1) is 0 Å². The van der Waals surface area contributed by atoms with Crippen molar-refractivity contribution in [3.05, 3.63) is 70.5 Å². The smallest absolute Gasteiger partial charge is 0.126 e. The van der Waals surface area contributed by atoms with Crippen LogP contribution in [0, 0.1) is 5.82 Å². The molecule has 0 aliphatic heterocycles. The molecule has 0 bridgehead atoms. The highest BCUT2D eigenvalue weighted by Gasteiger charge is 2.05. The molecule has 0 radical (unpaired) electrons. The van der Waals surface area contributed by atoms with Crippen molar-refractivity contribution in [1.82, 2.24) is 0 Å². The molecule has 0 nitrogen and oxygen atoms in total. The fraction of sp³-hybridized carbons (Fsp3) is 0.500. The summed E-state index contributed by atoms with van der Waals surface area (Å²) in [5.74, 6) is -0.0369. The highest BCUT2D eigenvalue weighted by Crippen LogP contribution is 2.16. The van der Waals surface area contributed by atoms with Crippen LogP contribution < -0.4 is 0 Å². The van der Waals surface area contributed by atoms with E-state index in [1.54, 1.807) is 6.07 Å². The van der Waals surface area contributed by atoms with Gasteiger partial charge in [0.05, 0.1) is 0 Å². The predicted octanol–water partition coefficient (Wildman–Crippen LogP) is 7.08. The first-order valence-corrected chi connectivity index (χ1v) is 10.1. The van der Waals surface area contributed by atoms with E-state index in [2.05, 4.69) is 44.2 Å². The number of unbranched alkanes of at least 4 members (excludes halogenated alkanes) is 4. The molecule has 2 aromatic rings. The Balaban J connectivity index is 1.84. The molecule has 0 amide bonds. The SMILES string of the molecule is CCCCCc1ccc(CCc2ccc(CCCCC)cc2F)cc1. The molecule has 0 spiro atoms. The van der Waals surface area contributed by atoms with Gasteiger partial charge in [-0.1, -0.05) is 75.9 Å². The maximum atomic E-state index is 14.3. The minimum absolute atomic E-state index is 0.0369. The van der Waals surface area contributed by atoms with Gasteiger partial charge in [0.15, 0.2) is 0 Å². The lowest BCUT2D eigenvalue weighted by atomic mass is 9.99. The zero-order chi connectivity index (χ0) is 17.9. The van der Waals surface area contributed by atoms with Gasteiger partial charge < -0.3 is 0 Å². The molecule has 0 heterocycles. The van der Waals surface area contributed by atoms with Crippen molar-refractivity contribution in [3.8, 4) is 0 Å². The molecule has 2 aromatic carbocycles. The van der Waals surface area contributed by atoms with Crippen molar-refractivity contribution >= 4 is 0 Å². The lowest BCUT2D eigenvalue weighted by Gasteiger charge is -2.08. The van der Waals surface area contributed by atoms with Gasteiger partial charge in [0.2, 0.25) is 0 Å². The molecule has 1 heteroatoms. The third kappa shape index (κ3) is 7.02. The van der Waals surface area contributed by atoms with Crippen LogP contribution >= 0.6 is 0 Å². The number of halogens is 1. The van der Waals surface area contributed by atoms with Crippen LogP contribution in [0.2, 0.25) is 0 Å². The summed E-state index contributed by atoms with van der Waals surface area (Å²) in [7, 11) is 0. The zero-order valence-corrected chi connectivity index (χ0v) is 16.0. The van der Waals surface area contributed by atoms with Crippen LogP contribution in [0.15, 0.2) is 42.5 Å². The van der Waals surface area contributed by atoms with E-state index in [1.807, 2.05) is 6.07 Å². The molecule has 0 saturated heterocycles. The Hall–Kier alpha value is -1.63. The Morgan fingerprint density at radius 1 is 0.600 bits per heavy atom. The Bertz CT molecular complexity index is 612. The zero-order valence-electron chi connectivity index (χ0n) is 16.0. The van der Waals surface area contributed by atoms with Gasteiger partial charge in [0.1, 0.15) is 5.82 Å². The topological polar surface area (TPSA) is 0 Å². The van der Waals surface area contributed by atoms with E-state index in [9.17, 15) is 4.39 Å². The van der Waals surface area contributed by atoms with Crippen molar-refractivity contribution in [3.63, 3.8) is 0 Å². The fourth-order valence-corrected chi connectivity index (χ4v) is 3.26. The first-order valence-electron chi connectivity index (χ1n) is 10.1. The number of benzene rings is 2. The third-order valence-electron chi connectivity index (χ3n) is 4.96. The minimum Gasteiger partial charge on any atom is -0.207 e. The molecule has 0 N–H and O–H groups in total. The highest BCUT2D eigenvalue weighted by molar-refractivity contribution is 5.27. The van der Waals surface area contributed by atoms with Crippen LogP contribution in [0.25, 0.3) is 0 Å². The van der Waals surface area contributed by atoms with Crippen molar-refractivity contribution in [1.29, 1.82) is 0 Å². The summed E-state index contributed by atoms with van der Waals surface area (Å²) in [6.45, 7) is 4.43. The van der Waals surface area contributed by atoms with Crippen molar-refractivity contribution in [2.24, 2.45) is 0 Å². The Morgan fingerprint density at radius 2 is 1.12 bits per heavy atom. The Morgan fingerprint density at radius 3 is 1.68 bits per heavy atom. The van der Waals surface area contributed by atoms with Crippen LogP contribution in [-0.4, -0.2) is 0 Å². The lowest BCUT2D eigenvalue weighted by Crippen LogP contribution is -1.97. The lowest BCUT2D eigenvalue weighted by molar-refractivity contribution is 0.604. The molecule has 25 heavy (non-hydrogen) atoms. The first kappa shape index (κ1) is 19.7. The summed E-state index contributed by atoms with van der Waals surface area (Å²) in [6.07, 6.45) is 11.3. The van der Waals surface area contributed by atoms with Crippen LogP contribution in [0.5, 0.6) is 0 Å². The normalized spacial score (nSPS) is 11.0. The molecule has 136 valence electrons. The highest BCUT2D eigenvalue weighted by atomic mass is 19.1. The number of hydrogen-bond donors (Lipinski definition) is 0. The molecule has 2 rings (SSSR count). The van der Waals surface area contributed by atoms with Crippen LogP contribution in [0.4, 0.5) is 4.39 Å². The van der Waals surface area contributed by atoms with E-state index < -0.39 is 0 Å². The van der Waals surface area contributed by atoms with E-state index in [0.717, 1.165) is 36.8 Å². The van der Waals surface area contributed by atoms with Crippen molar-refractivity contribution in [2.45, 2.75) is 78.1 Å². The summed E-state index contributed by atoms with van der Waals surface area (Å²) in [5, 5.41) is 0. The number of rotatable bonds is 11. The summed E-state index contributed by atoms with van der Waals surface area (Å²) in [5.41, 5.74) is 4.68. The first-order chi connectivity index (χ1) is 12.2. The van der Waals surface area contributed by atoms with Gasteiger partial charge in [0, 0.05) is 0 Å². The third-order valence-corrected chi connectivity index (χ3v) is 4.96. The maximum absolute atomic E-state index is 14.3. The molecular weight excluding hydrogens is 307 g/mol. The van der Waals surface area contributed by atoms with E-state index in [0.29, 0.717) is 0 Å². The summed E-state index contributed by atoms with van der Waals surface area (Å²) >= 11 is 0. The van der Waals surface area contributed by atoms with E-state index in [1.165, 1.54) is 49.7 Å². The second-order valence-corrected chi connectivity index (χ2v) is 7.16. The monoisotopic (exact) mass is 340 g/mol. The molecule has 0 aliphatic carbocycles. The summed E-state index contributed by atoms with van der Waals surface area (Å²) in [6, 6.07) is 14.7. The van der Waals surface area contributed by atoms with E-state index in [-0.39, 0.29) is 5.82 Å². The second-order valence-electron chi connectivity index (χ2n) is 7.16. The van der Waals surface area contributed by atoms with E-state index in [4.69, 9.17) is 0 Å². The van der Waals surface area contributed by atoms with Crippen molar-refractivity contribution < 1.29 is 4.39 Å². The molecule has 0 unspecified atom stereocenters. The molecular formula is C24H33F. The summed E-state index contributed by atoms with van der Waals surface area (Å²) < 4.78 is 14.3. The molecule has 0 fully saturated rings. The standard InChI is InChI=1S/C24H33F/c1-3-5-7-9-20-11-13-21(14-12-20)15-17-23-18-16-22(19-24(23)25)10-8-6-4-2/h11-14,16,18-19H,3-10,15,17H2,1-2H3. The Labute approximate surface area is 153 Å². The van der Waals surface area contributed by atoms with E-state index >= 15 is 0 Å². The summed E-state index contributed by atoms with van der Waals surface area (Å²) in [4.78, 5) is 0. The molecule has 0 saturated carbocycles. The fourth-order valence-electron chi connectivity index (χ4n) is 3.26. The van der Waals surface area contributed by atoms with Gasteiger partial charge in [-0.25, -0.2) is 4.39 Å². The van der Waals surface area contributed by atoms with Gasteiger partial charge in [-0.3, -0.25) is 0 Å². The molecule has 0 atom stereocenters. The predicted molar refractivity (Wildman–Crippen MR) is 107 cm³/mol. The Kier molecular flexibility index (Phi) is 8.72. The van der Waals surface area contributed by atoms with Gasteiger partial charge in [-0.05, 0) is 66.8 Å². The van der Waals surface area contributed by atoms with Gasteiger partial charge in [0.25, 0.3) is 0 Å². The number of hydrogen-bond acceptors (Lipinski definition) is 0. The largest absolute Gasteiger partial charge is 0.207 e. The second kappa shape index (κ2) is 11.1.